The summed E-state index contributed by atoms with van der Waals surface area (Å²) in [5.41, 5.74) is 0.946. The lowest BCUT2D eigenvalue weighted by molar-refractivity contribution is 0.341. The molecule has 1 aromatic heterocycles. The summed E-state index contributed by atoms with van der Waals surface area (Å²) < 4.78 is 0. The maximum absolute atomic E-state index is 6.07. The lowest BCUT2D eigenvalue weighted by Crippen LogP contribution is -2.35. The SMILES string of the molecule is Clc1ccc2c(N3CCC4CCCCC43)ncnc2c1. The van der Waals surface area contributed by atoms with Crippen molar-refractivity contribution in [3.05, 3.63) is 29.5 Å². The number of anilines is 1. The minimum atomic E-state index is 0.678. The quantitative estimate of drug-likeness (QED) is 0.792. The molecule has 0 bridgehead atoms. The Labute approximate surface area is 124 Å². The van der Waals surface area contributed by atoms with Gasteiger partial charge in [-0.1, -0.05) is 24.4 Å². The molecule has 2 fully saturated rings. The maximum atomic E-state index is 6.07. The largest absolute Gasteiger partial charge is 0.353 e. The van der Waals surface area contributed by atoms with E-state index in [0.29, 0.717) is 6.04 Å². The van der Waals surface area contributed by atoms with Crippen LogP contribution < -0.4 is 4.90 Å². The van der Waals surface area contributed by atoms with Gasteiger partial charge < -0.3 is 4.90 Å². The van der Waals surface area contributed by atoms with Gasteiger partial charge in [0.05, 0.1) is 5.52 Å². The molecule has 2 heterocycles. The second-order valence-electron chi connectivity index (χ2n) is 5.95. The molecule has 2 atom stereocenters. The molecule has 1 aliphatic carbocycles. The Balaban J connectivity index is 1.78. The van der Waals surface area contributed by atoms with Crippen molar-refractivity contribution in [3.63, 3.8) is 0 Å². The normalized spacial score (nSPS) is 25.9. The predicted molar refractivity (Wildman–Crippen MR) is 82.3 cm³/mol. The van der Waals surface area contributed by atoms with Crippen LogP contribution in [0.15, 0.2) is 24.5 Å². The Bertz CT molecular complexity index is 643. The van der Waals surface area contributed by atoms with Crippen molar-refractivity contribution in [1.29, 1.82) is 0 Å². The van der Waals surface area contributed by atoms with Crippen LogP contribution in [0.5, 0.6) is 0 Å². The van der Waals surface area contributed by atoms with Crippen LogP contribution in [0.4, 0.5) is 5.82 Å². The minimum absolute atomic E-state index is 0.678. The van der Waals surface area contributed by atoms with Crippen LogP contribution in [0.25, 0.3) is 10.9 Å². The van der Waals surface area contributed by atoms with E-state index in [-0.39, 0.29) is 0 Å². The molecule has 1 aliphatic heterocycles. The van der Waals surface area contributed by atoms with Crippen molar-refractivity contribution in [2.24, 2.45) is 5.92 Å². The van der Waals surface area contributed by atoms with E-state index in [1.54, 1.807) is 6.33 Å². The third kappa shape index (κ3) is 1.96. The van der Waals surface area contributed by atoms with Crippen molar-refractivity contribution in [2.45, 2.75) is 38.1 Å². The molecule has 2 unspecified atom stereocenters. The van der Waals surface area contributed by atoms with Crippen LogP contribution in [0.1, 0.15) is 32.1 Å². The van der Waals surface area contributed by atoms with Gasteiger partial charge in [-0.25, -0.2) is 9.97 Å². The maximum Gasteiger partial charge on any atom is 0.140 e. The van der Waals surface area contributed by atoms with Gasteiger partial charge in [0, 0.05) is 23.0 Å². The van der Waals surface area contributed by atoms with Crippen LogP contribution in [0.2, 0.25) is 5.02 Å². The first kappa shape index (κ1) is 12.4. The molecule has 20 heavy (non-hydrogen) atoms. The molecule has 0 amide bonds. The van der Waals surface area contributed by atoms with Crippen LogP contribution in [0.3, 0.4) is 0 Å². The van der Waals surface area contributed by atoms with Crippen LogP contribution in [-0.4, -0.2) is 22.6 Å². The van der Waals surface area contributed by atoms with E-state index in [1.165, 1.54) is 32.1 Å². The van der Waals surface area contributed by atoms with Crippen LogP contribution in [0, 0.1) is 5.92 Å². The Hall–Kier alpha value is -1.35. The molecule has 1 saturated carbocycles. The highest BCUT2D eigenvalue weighted by atomic mass is 35.5. The summed E-state index contributed by atoms with van der Waals surface area (Å²) in [6, 6.07) is 6.60. The Morgan fingerprint density at radius 1 is 1.10 bits per heavy atom. The average Bonchev–Trinajstić information content (AvgIpc) is 2.90. The van der Waals surface area contributed by atoms with E-state index in [0.717, 1.165) is 34.2 Å². The molecule has 4 heteroatoms. The van der Waals surface area contributed by atoms with Gasteiger partial charge in [-0.05, 0) is 43.4 Å². The molecule has 0 radical (unpaired) electrons. The molecule has 104 valence electrons. The molecule has 3 nitrogen and oxygen atoms in total. The van der Waals surface area contributed by atoms with Gasteiger partial charge in [0.2, 0.25) is 0 Å². The fourth-order valence-corrected chi connectivity index (χ4v) is 4.08. The van der Waals surface area contributed by atoms with Crippen LogP contribution in [-0.2, 0) is 0 Å². The standard InChI is InChI=1S/C16H18ClN3/c17-12-5-6-13-14(9-12)18-10-19-16(13)20-8-7-11-3-1-2-4-15(11)20/h5-6,9-11,15H,1-4,7-8H2. The number of aromatic nitrogens is 2. The topological polar surface area (TPSA) is 29.0 Å². The third-order valence-corrected chi connectivity index (χ3v) is 5.09. The van der Waals surface area contributed by atoms with E-state index in [2.05, 4.69) is 20.9 Å². The fourth-order valence-electron chi connectivity index (χ4n) is 3.91. The van der Waals surface area contributed by atoms with Crippen LogP contribution >= 0.6 is 11.6 Å². The van der Waals surface area contributed by atoms with Crippen molar-refractivity contribution in [3.8, 4) is 0 Å². The van der Waals surface area contributed by atoms with Crippen molar-refractivity contribution in [2.75, 3.05) is 11.4 Å². The molecule has 2 aliphatic rings. The summed E-state index contributed by atoms with van der Waals surface area (Å²) in [6.45, 7) is 1.13. The average molecular weight is 288 g/mol. The number of hydrogen-bond donors (Lipinski definition) is 0. The second kappa shape index (κ2) is 4.88. The van der Waals surface area contributed by atoms with Crippen molar-refractivity contribution < 1.29 is 0 Å². The zero-order chi connectivity index (χ0) is 13.5. The van der Waals surface area contributed by atoms with E-state index in [1.807, 2.05) is 12.1 Å². The highest BCUT2D eigenvalue weighted by molar-refractivity contribution is 6.31. The summed E-state index contributed by atoms with van der Waals surface area (Å²) in [5.74, 6) is 1.96. The number of fused-ring (bicyclic) bond motifs is 2. The van der Waals surface area contributed by atoms with Gasteiger partial charge in [0.25, 0.3) is 0 Å². The molecular weight excluding hydrogens is 270 g/mol. The first-order chi connectivity index (χ1) is 9.83. The summed E-state index contributed by atoms with van der Waals surface area (Å²) >= 11 is 6.07. The first-order valence-corrected chi connectivity index (χ1v) is 7.87. The van der Waals surface area contributed by atoms with E-state index in [9.17, 15) is 0 Å². The van der Waals surface area contributed by atoms with Gasteiger partial charge in [-0.2, -0.15) is 0 Å². The minimum Gasteiger partial charge on any atom is -0.353 e. The Morgan fingerprint density at radius 2 is 2.00 bits per heavy atom. The third-order valence-electron chi connectivity index (χ3n) is 4.86. The number of hydrogen-bond acceptors (Lipinski definition) is 3. The monoisotopic (exact) mass is 287 g/mol. The Morgan fingerprint density at radius 3 is 2.95 bits per heavy atom. The molecule has 2 aromatic rings. The summed E-state index contributed by atoms with van der Waals surface area (Å²) in [4.78, 5) is 11.5. The van der Waals surface area contributed by atoms with Gasteiger partial charge >= 0.3 is 0 Å². The van der Waals surface area contributed by atoms with Crippen molar-refractivity contribution in [1.82, 2.24) is 9.97 Å². The Kier molecular flexibility index (Phi) is 3.03. The van der Waals surface area contributed by atoms with Crippen molar-refractivity contribution >= 4 is 28.3 Å². The number of nitrogens with zero attached hydrogens (tertiary/aromatic N) is 3. The molecular formula is C16H18ClN3. The zero-order valence-electron chi connectivity index (χ0n) is 11.4. The lowest BCUT2D eigenvalue weighted by atomic mass is 9.85. The lowest BCUT2D eigenvalue weighted by Gasteiger charge is -2.32. The highest BCUT2D eigenvalue weighted by Crippen LogP contribution is 2.40. The summed E-state index contributed by atoms with van der Waals surface area (Å²) in [7, 11) is 0. The van der Waals surface area contributed by atoms with E-state index >= 15 is 0 Å². The van der Waals surface area contributed by atoms with Gasteiger partial charge in [-0.3, -0.25) is 0 Å². The van der Waals surface area contributed by atoms with Gasteiger partial charge in [0.15, 0.2) is 0 Å². The summed E-state index contributed by atoms with van der Waals surface area (Å²) in [6.07, 6.45) is 8.43. The number of halogens is 1. The van der Waals surface area contributed by atoms with Gasteiger partial charge in [-0.15, -0.1) is 0 Å². The summed E-state index contributed by atoms with van der Waals surface area (Å²) in [5, 5.41) is 1.86. The second-order valence-corrected chi connectivity index (χ2v) is 6.39. The predicted octanol–water partition coefficient (Wildman–Crippen LogP) is 4.05. The molecule has 0 spiro atoms. The van der Waals surface area contributed by atoms with Gasteiger partial charge in [0.1, 0.15) is 12.1 Å². The molecule has 0 N–H and O–H groups in total. The molecule has 1 saturated heterocycles. The van der Waals surface area contributed by atoms with E-state index in [4.69, 9.17) is 11.6 Å². The van der Waals surface area contributed by atoms with E-state index < -0.39 is 0 Å². The number of benzene rings is 1. The smallest absolute Gasteiger partial charge is 0.140 e. The highest BCUT2D eigenvalue weighted by Gasteiger charge is 2.36. The first-order valence-electron chi connectivity index (χ1n) is 7.50. The molecule has 4 rings (SSSR count). The fraction of sp³-hybridized carbons (Fsp3) is 0.500. The number of rotatable bonds is 1. The molecule has 1 aromatic carbocycles. The zero-order valence-corrected chi connectivity index (χ0v) is 12.2.